The van der Waals surface area contributed by atoms with Gasteiger partial charge in [0.25, 0.3) is 5.91 Å². The molecule has 0 saturated carbocycles. The Kier molecular flexibility index (Phi) is 7.50. The van der Waals surface area contributed by atoms with E-state index in [1.807, 2.05) is 6.07 Å². The van der Waals surface area contributed by atoms with Crippen molar-refractivity contribution >= 4 is 11.8 Å². The van der Waals surface area contributed by atoms with E-state index >= 15 is 0 Å². The Morgan fingerprint density at radius 2 is 1.90 bits per heavy atom. The summed E-state index contributed by atoms with van der Waals surface area (Å²) in [5.41, 5.74) is 0.798. The third-order valence-electron chi connectivity index (χ3n) is 5.71. The number of nitrogens with zero attached hydrogens (tertiary/aromatic N) is 1. The number of ether oxygens (including phenoxy) is 2. The van der Waals surface area contributed by atoms with Crippen molar-refractivity contribution < 1.29 is 23.5 Å². The van der Waals surface area contributed by atoms with Crippen LogP contribution in [0.5, 0.6) is 11.5 Å². The van der Waals surface area contributed by atoms with E-state index in [4.69, 9.17) is 9.47 Å². The molecule has 0 bridgehead atoms. The molecule has 0 aromatic heterocycles. The number of benzene rings is 2. The molecule has 0 spiro atoms. The molecule has 1 aliphatic heterocycles. The predicted molar refractivity (Wildman–Crippen MR) is 116 cm³/mol. The summed E-state index contributed by atoms with van der Waals surface area (Å²) in [4.78, 5) is 27.6. The largest absolute Gasteiger partial charge is 0.497 e. The first-order valence-electron chi connectivity index (χ1n) is 10.5. The number of halogens is 1. The molecule has 2 amide bonds. The highest BCUT2D eigenvalue weighted by Crippen LogP contribution is 2.40. The van der Waals surface area contributed by atoms with E-state index in [1.165, 1.54) is 12.1 Å². The molecule has 2 atom stereocenters. The first-order chi connectivity index (χ1) is 15.0. The van der Waals surface area contributed by atoms with Gasteiger partial charge in [0.05, 0.1) is 25.7 Å². The minimum Gasteiger partial charge on any atom is -0.497 e. The second-order valence-electron chi connectivity index (χ2n) is 7.66. The number of carbonyl (C=O) groups is 2. The zero-order valence-electron chi connectivity index (χ0n) is 18.2. The van der Waals surface area contributed by atoms with Crippen LogP contribution in [0.2, 0.25) is 0 Å². The number of hydrogen-bond acceptors (Lipinski definition) is 4. The molecule has 0 aliphatic carbocycles. The predicted octanol–water partition coefficient (Wildman–Crippen LogP) is 3.62. The van der Waals surface area contributed by atoms with Gasteiger partial charge in [0, 0.05) is 31.1 Å². The smallest absolute Gasteiger partial charge is 0.256 e. The first kappa shape index (κ1) is 22.6. The fourth-order valence-electron chi connectivity index (χ4n) is 4.00. The fraction of sp³-hybridized carbons (Fsp3) is 0.417. The summed E-state index contributed by atoms with van der Waals surface area (Å²) in [6.45, 7) is 3.12. The molecular formula is C24H29FN2O4. The maximum absolute atomic E-state index is 14.2. The Morgan fingerprint density at radius 3 is 2.58 bits per heavy atom. The van der Waals surface area contributed by atoms with Crippen LogP contribution >= 0.6 is 0 Å². The number of carbonyl (C=O) groups excluding carboxylic acids is 2. The van der Waals surface area contributed by atoms with Crippen LogP contribution in [0.15, 0.2) is 42.5 Å². The average Bonchev–Trinajstić information content (AvgIpc) is 3.24. The second kappa shape index (κ2) is 10.3. The lowest BCUT2D eigenvalue weighted by atomic mass is 9.87. The number of amides is 2. The van der Waals surface area contributed by atoms with Crippen molar-refractivity contribution in [1.29, 1.82) is 0 Å². The zero-order chi connectivity index (χ0) is 22.4. The molecule has 1 fully saturated rings. The van der Waals surface area contributed by atoms with Crippen molar-refractivity contribution in [3.05, 3.63) is 59.4 Å². The van der Waals surface area contributed by atoms with Gasteiger partial charge in [0.1, 0.15) is 17.3 Å². The van der Waals surface area contributed by atoms with Gasteiger partial charge in [-0.15, -0.1) is 0 Å². The lowest BCUT2D eigenvalue weighted by Crippen LogP contribution is -2.36. The quantitative estimate of drug-likeness (QED) is 0.652. The van der Waals surface area contributed by atoms with Crippen molar-refractivity contribution in [2.45, 2.75) is 25.7 Å². The summed E-state index contributed by atoms with van der Waals surface area (Å²) in [5.74, 6) is -0.631. The highest BCUT2D eigenvalue weighted by atomic mass is 19.1. The van der Waals surface area contributed by atoms with Gasteiger partial charge < -0.3 is 19.7 Å². The van der Waals surface area contributed by atoms with E-state index in [2.05, 4.69) is 12.2 Å². The molecule has 2 aromatic carbocycles. The third-order valence-corrected chi connectivity index (χ3v) is 5.71. The molecule has 1 saturated heterocycles. The maximum Gasteiger partial charge on any atom is 0.256 e. The van der Waals surface area contributed by atoms with Crippen molar-refractivity contribution in [1.82, 2.24) is 10.2 Å². The molecule has 2 aromatic rings. The number of unbranched alkanes of at least 4 members (excludes halogenated alkanes) is 1. The van der Waals surface area contributed by atoms with Gasteiger partial charge in [-0.1, -0.05) is 25.5 Å². The van der Waals surface area contributed by atoms with Gasteiger partial charge in [0.15, 0.2) is 0 Å². The number of hydrogen-bond donors (Lipinski definition) is 1. The Labute approximate surface area is 182 Å². The number of likely N-dealkylation sites (tertiary alicyclic amines) is 1. The Morgan fingerprint density at radius 1 is 1.13 bits per heavy atom. The molecule has 0 unspecified atom stereocenters. The van der Waals surface area contributed by atoms with Crippen LogP contribution in [-0.2, 0) is 4.79 Å². The van der Waals surface area contributed by atoms with Crippen molar-refractivity contribution in [2.24, 2.45) is 5.92 Å². The molecule has 6 nitrogen and oxygen atoms in total. The lowest BCUT2D eigenvalue weighted by molar-refractivity contribution is -0.124. The molecule has 166 valence electrons. The van der Waals surface area contributed by atoms with Crippen LogP contribution in [0.25, 0.3) is 0 Å². The Hall–Kier alpha value is -3.09. The minimum absolute atomic E-state index is 0.00546. The summed E-state index contributed by atoms with van der Waals surface area (Å²) in [6, 6.07) is 11.3. The van der Waals surface area contributed by atoms with E-state index < -0.39 is 17.6 Å². The van der Waals surface area contributed by atoms with Crippen LogP contribution in [0.1, 0.15) is 41.6 Å². The van der Waals surface area contributed by atoms with Crippen LogP contribution in [0, 0.1) is 11.7 Å². The molecule has 7 heteroatoms. The van der Waals surface area contributed by atoms with E-state index in [0.29, 0.717) is 18.0 Å². The Balaban J connectivity index is 1.94. The standard InChI is InChI=1S/C24H29FN2O4/c1-4-5-12-26-23(28)20-15-27(24(29)17-8-6-7-9-21(17)25)14-19(20)18-13-16(30-2)10-11-22(18)31-3/h6-11,13,19-20H,4-5,12,14-15H2,1-3H3,(H,26,28)/t19-,20+/m0/s1. The van der Waals surface area contributed by atoms with E-state index in [9.17, 15) is 14.0 Å². The number of rotatable bonds is 8. The normalized spacial score (nSPS) is 18.0. The topological polar surface area (TPSA) is 67.9 Å². The van der Waals surface area contributed by atoms with Crippen LogP contribution in [-0.4, -0.2) is 50.6 Å². The van der Waals surface area contributed by atoms with Crippen molar-refractivity contribution in [3.8, 4) is 11.5 Å². The van der Waals surface area contributed by atoms with Gasteiger partial charge in [-0.25, -0.2) is 4.39 Å². The van der Waals surface area contributed by atoms with Gasteiger partial charge in [-0.2, -0.15) is 0 Å². The minimum atomic E-state index is -0.571. The van der Waals surface area contributed by atoms with Crippen LogP contribution in [0.4, 0.5) is 4.39 Å². The van der Waals surface area contributed by atoms with Gasteiger partial charge >= 0.3 is 0 Å². The summed E-state index contributed by atoms with van der Waals surface area (Å²) >= 11 is 0. The van der Waals surface area contributed by atoms with Gasteiger partial charge in [-0.05, 0) is 36.8 Å². The fourth-order valence-corrected chi connectivity index (χ4v) is 4.00. The molecule has 1 N–H and O–H groups in total. The molecular weight excluding hydrogens is 399 g/mol. The molecule has 1 heterocycles. The summed E-state index contributed by atoms with van der Waals surface area (Å²) in [7, 11) is 3.14. The number of methoxy groups -OCH3 is 2. The molecule has 0 radical (unpaired) electrons. The maximum atomic E-state index is 14.2. The molecule has 3 rings (SSSR count). The van der Waals surface area contributed by atoms with Crippen molar-refractivity contribution in [2.75, 3.05) is 33.9 Å². The van der Waals surface area contributed by atoms with E-state index in [0.717, 1.165) is 18.4 Å². The second-order valence-corrected chi connectivity index (χ2v) is 7.66. The Bertz CT molecular complexity index is 934. The van der Waals surface area contributed by atoms with Crippen LogP contribution < -0.4 is 14.8 Å². The summed E-state index contributed by atoms with van der Waals surface area (Å²) < 4.78 is 25.1. The van der Waals surface area contributed by atoms with Gasteiger partial charge in [0.2, 0.25) is 5.91 Å². The zero-order valence-corrected chi connectivity index (χ0v) is 18.2. The third kappa shape index (κ3) is 4.98. The SMILES string of the molecule is CCCCNC(=O)[C@@H]1CN(C(=O)c2ccccc2F)C[C@H]1c1cc(OC)ccc1OC. The van der Waals surface area contributed by atoms with E-state index in [1.54, 1.807) is 43.4 Å². The highest BCUT2D eigenvalue weighted by Gasteiger charge is 2.42. The molecule has 1 aliphatic rings. The van der Waals surface area contributed by atoms with Crippen molar-refractivity contribution in [3.63, 3.8) is 0 Å². The average molecular weight is 429 g/mol. The highest BCUT2D eigenvalue weighted by molar-refractivity contribution is 5.95. The molecule has 31 heavy (non-hydrogen) atoms. The van der Waals surface area contributed by atoms with Gasteiger partial charge in [-0.3, -0.25) is 9.59 Å². The number of nitrogens with one attached hydrogen (secondary N) is 1. The summed E-state index contributed by atoms with van der Waals surface area (Å²) in [6.07, 6.45) is 1.85. The van der Waals surface area contributed by atoms with E-state index in [-0.39, 0.29) is 30.5 Å². The monoisotopic (exact) mass is 428 g/mol. The lowest BCUT2D eigenvalue weighted by Gasteiger charge is -2.21. The van der Waals surface area contributed by atoms with Crippen LogP contribution in [0.3, 0.4) is 0 Å². The first-order valence-corrected chi connectivity index (χ1v) is 10.5. The summed E-state index contributed by atoms with van der Waals surface area (Å²) in [5, 5.41) is 2.98.